The van der Waals surface area contributed by atoms with E-state index in [2.05, 4.69) is 26.1 Å². The van der Waals surface area contributed by atoms with Gasteiger partial charge in [0.05, 0.1) is 10.2 Å². The molecule has 3 aromatic rings. The molecule has 1 aliphatic heterocycles. The van der Waals surface area contributed by atoms with Gasteiger partial charge in [0, 0.05) is 12.1 Å². The molecule has 1 aliphatic rings. The van der Waals surface area contributed by atoms with Crippen LogP contribution in [0.4, 0.5) is 10.8 Å². The van der Waals surface area contributed by atoms with Crippen molar-refractivity contribution in [1.82, 2.24) is 10.3 Å². The molecule has 0 aliphatic carbocycles. The number of rotatable bonds is 5. The van der Waals surface area contributed by atoms with Gasteiger partial charge in [0.2, 0.25) is 16.9 Å². The Morgan fingerprint density at radius 1 is 1.21 bits per heavy atom. The highest BCUT2D eigenvalue weighted by molar-refractivity contribution is 8.15. The van der Waals surface area contributed by atoms with Crippen LogP contribution in [-0.4, -0.2) is 27.2 Å². The van der Waals surface area contributed by atoms with Gasteiger partial charge in [0.25, 0.3) is 0 Å². The van der Waals surface area contributed by atoms with E-state index in [1.807, 2.05) is 55.5 Å². The monoisotopic (exact) mass is 411 g/mol. The molecule has 7 nitrogen and oxygen atoms in total. The van der Waals surface area contributed by atoms with E-state index in [4.69, 9.17) is 0 Å². The van der Waals surface area contributed by atoms with Gasteiger partial charge in [-0.2, -0.15) is 0 Å². The highest BCUT2D eigenvalue weighted by atomic mass is 32.2. The number of carbonyl (C=O) groups is 2. The molecule has 1 saturated heterocycles. The first kappa shape index (κ1) is 18.5. The van der Waals surface area contributed by atoms with E-state index >= 15 is 0 Å². The number of carbonyl (C=O) groups excluding carboxylic acids is 2. The number of thiazole rings is 1. The lowest BCUT2D eigenvalue weighted by atomic mass is 10.2. The third kappa shape index (κ3) is 4.32. The zero-order valence-corrected chi connectivity index (χ0v) is 16.6. The van der Waals surface area contributed by atoms with Crippen molar-refractivity contribution in [1.29, 1.82) is 0 Å². The molecule has 1 atom stereocenters. The van der Waals surface area contributed by atoms with Gasteiger partial charge in [-0.25, -0.2) is 4.98 Å². The first-order valence-corrected chi connectivity index (χ1v) is 10.3. The Hall–Kier alpha value is -2.91. The number of benzene rings is 2. The minimum absolute atomic E-state index is 0.0739. The normalized spacial score (nSPS) is 17.7. The van der Waals surface area contributed by atoms with E-state index in [0.717, 1.165) is 15.8 Å². The third-order valence-electron chi connectivity index (χ3n) is 4.03. The highest BCUT2D eigenvalue weighted by Gasteiger charge is 2.32. The van der Waals surface area contributed by atoms with E-state index in [1.165, 1.54) is 23.1 Å². The SMILES string of the molecule is Cc1ccc(NC(=O)C[C@@H]2S/C(=N\Nc3nc4ccccc4s3)NC2=O)cc1. The van der Waals surface area contributed by atoms with Gasteiger partial charge in [-0.1, -0.05) is 52.9 Å². The molecule has 0 unspecified atom stereocenters. The molecule has 3 N–H and O–H groups in total. The Morgan fingerprint density at radius 3 is 2.79 bits per heavy atom. The van der Waals surface area contributed by atoms with Crippen molar-refractivity contribution in [2.45, 2.75) is 18.6 Å². The maximum absolute atomic E-state index is 12.2. The van der Waals surface area contributed by atoms with Crippen molar-refractivity contribution in [3.8, 4) is 0 Å². The minimum Gasteiger partial charge on any atom is -0.326 e. The zero-order chi connectivity index (χ0) is 19.5. The summed E-state index contributed by atoms with van der Waals surface area (Å²) in [5, 5.41) is 10.3. The van der Waals surface area contributed by atoms with E-state index in [-0.39, 0.29) is 18.2 Å². The maximum atomic E-state index is 12.2. The number of thioether (sulfide) groups is 1. The fourth-order valence-corrected chi connectivity index (χ4v) is 4.36. The van der Waals surface area contributed by atoms with Crippen LogP contribution in [-0.2, 0) is 9.59 Å². The molecule has 0 radical (unpaired) electrons. The number of aromatic nitrogens is 1. The van der Waals surface area contributed by atoms with Crippen molar-refractivity contribution in [3.63, 3.8) is 0 Å². The van der Waals surface area contributed by atoms with Gasteiger partial charge >= 0.3 is 0 Å². The van der Waals surface area contributed by atoms with E-state index in [0.29, 0.717) is 16.0 Å². The fourth-order valence-electron chi connectivity index (χ4n) is 2.63. The standard InChI is InChI=1S/C19H17N5O2S2/c1-11-6-8-12(9-7-11)20-16(25)10-15-17(26)22-19(28-15)24-23-18-21-13-4-2-3-5-14(13)27-18/h2-9,15H,10H2,1H3,(H,20,25)(H,21,23)(H,22,24,26)/t15-/m0/s1. The van der Waals surface area contributed by atoms with E-state index in [9.17, 15) is 9.59 Å². The molecule has 0 spiro atoms. The number of hydrogen-bond donors (Lipinski definition) is 3. The Balaban J connectivity index is 1.34. The van der Waals surface area contributed by atoms with Crippen LogP contribution in [0.5, 0.6) is 0 Å². The first-order chi connectivity index (χ1) is 13.6. The summed E-state index contributed by atoms with van der Waals surface area (Å²) in [6.07, 6.45) is 0.0739. The van der Waals surface area contributed by atoms with Crippen LogP contribution in [0, 0.1) is 6.92 Å². The molecule has 142 valence electrons. The number of amides is 2. The van der Waals surface area contributed by atoms with Crippen molar-refractivity contribution in [2.24, 2.45) is 5.10 Å². The predicted octanol–water partition coefficient (Wildman–Crippen LogP) is 3.55. The second kappa shape index (κ2) is 7.99. The summed E-state index contributed by atoms with van der Waals surface area (Å²) < 4.78 is 1.05. The van der Waals surface area contributed by atoms with Crippen molar-refractivity contribution < 1.29 is 9.59 Å². The molecular weight excluding hydrogens is 394 g/mol. The second-order valence-electron chi connectivity index (χ2n) is 6.23. The highest BCUT2D eigenvalue weighted by Crippen LogP contribution is 2.27. The fraction of sp³-hybridized carbons (Fsp3) is 0.158. The molecule has 28 heavy (non-hydrogen) atoms. The number of aryl methyl sites for hydroxylation is 1. The Labute approximate surface area is 169 Å². The molecular formula is C19H17N5O2S2. The van der Waals surface area contributed by atoms with Crippen LogP contribution >= 0.6 is 23.1 Å². The van der Waals surface area contributed by atoms with Gasteiger partial charge in [-0.3, -0.25) is 15.0 Å². The lowest BCUT2D eigenvalue weighted by Crippen LogP contribution is -2.28. The molecule has 1 aromatic heterocycles. The summed E-state index contributed by atoms with van der Waals surface area (Å²) in [6, 6.07) is 15.3. The number of amidine groups is 1. The number of fused-ring (bicyclic) bond motifs is 1. The van der Waals surface area contributed by atoms with Gasteiger partial charge in [0.15, 0.2) is 5.17 Å². The predicted molar refractivity (Wildman–Crippen MR) is 115 cm³/mol. The van der Waals surface area contributed by atoms with Crippen molar-refractivity contribution >= 4 is 61.1 Å². The third-order valence-corrected chi connectivity index (χ3v) is 6.05. The van der Waals surface area contributed by atoms with Crippen LogP contribution < -0.4 is 16.1 Å². The van der Waals surface area contributed by atoms with Crippen molar-refractivity contribution in [3.05, 3.63) is 54.1 Å². The van der Waals surface area contributed by atoms with E-state index in [1.54, 1.807) is 0 Å². The number of para-hydroxylation sites is 1. The van der Waals surface area contributed by atoms with Crippen molar-refractivity contribution in [2.75, 3.05) is 10.7 Å². The summed E-state index contributed by atoms with van der Waals surface area (Å²) in [6.45, 7) is 1.98. The Kier molecular flexibility index (Phi) is 5.27. The average molecular weight is 412 g/mol. The molecule has 2 heterocycles. The van der Waals surface area contributed by atoms with Crippen LogP contribution in [0.2, 0.25) is 0 Å². The average Bonchev–Trinajstić information content (AvgIpc) is 3.25. The van der Waals surface area contributed by atoms with Gasteiger partial charge in [-0.05, 0) is 31.2 Å². The quantitative estimate of drug-likeness (QED) is 0.558. The Bertz CT molecular complexity index is 1030. The largest absolute Gasteiger partial charge is 0.326 e. The Morgan fingerprint density at radius 2 is 2.00 bits per heavy atom. The van der Waals surface area contributed by atoms with Crippen LogP contribution in [0.15, 0.2) is 53.6 Å². The number of nitrogens with one attached hydrogen (secondary N) is 3. The topological polar surface area (TPSA) is 95.5 Å². The number of nitrogens with zero attached hydrogens (tertiary/aromatic N) is 2. The smallest absolute Gasteiger partial charge is 0.240 e. The molecule has 1 fully saturated rings. The zero-order valence-electron chi connectivity index (χ0n) is 14.9. The number of hydrazone groups is 1. The first-order valence-electron chi connectivity index (χ1n) is 8.60. The number of hydrogen-bond acceptors (Lipinski definition) is 7. The summed E-state index contributed by atoms with van der Waals surface area (Å²) in [5.41, 5.74) is 5.60. The lowest BCUT2D eigenvalue weighted by Gasteiger charge is -2.07. The van der Waals surface area contributed by atoms with Gasteiger partial charge < -0.3 is 10.6 Å². The molecule has 0 bridgehead atoms. The number of anilines is 2. The molecule has 2 aromatic carbocycles. The molecule has 0 saturated carbocycles. The van der Waals surface area contributed by atoms with Crippen LogP contribution in [0.25, 0.3) is 10.2 Å². The van der Waals surface area contributed by atoms with Gasteiger partial charge in [-0.15, -0.1) is 5.10 Å². The lowest BCUT2D eigenvalue weighted by molar-refractivity contribution is -0.122. The molecule has 4 rings (SSSR count). The van der Waals surface area contributed by atoms with Crippen LogP contribution in [0.3, 0.4) is 0 Å². The second-order valence-corrected chi connectivity index (χ2v) is 8.45. The summed E-state index contributed by atoms with van der Waals surface area (Å²) in [4.78, 5) is 28.8. The summed E-state index contributed by atoms with van der Waals surface area (Å²) >= 11 is 2.71. The summed E-state index contributed by atoms with van der Waals surface area (Å²) in [5.74, 6) is -0.439. The minimum atomic E-state index is -0.513. The van der Waals surface area contributed by atoms with Gasteiger partial charge in [0.1, 0.15) is 5.25 Å². The molecule has 9 heteroatoms. The van der Waals surface area contributed by atoms with Crippen LogP contribution in [0.1, 0.15) is 12.0 Å². The molecule has 2 amide bonds. The summed E-state index contributed by atoms with van der Waals surface area (Å²) in [7, 11) is 0. The van der Waals surface area contributed by atoms with E-state index < -0.39 is 5.25 Å². The maximum Gasteiger partial charge on any atom is 0.240 e.